The largest absolute Gasteiger partial charge is 0.317 e. The van der Waals surface area contributed by atoms with Crippen molar-refractivity contribution in [2.75, 3.05) is 13.1 Å². The Kier molecular flexibility index (Phi) is 5.70. The maximum atomic E-state index is 6.18. The van der Waals surface area contributed by atoms with E-state index in [1.165, 1.54) is 24.0 Å². The highest BCUT2D eigenvalue weighted by atomic mass is 35.5. The summed E-state index contributed by atoms with van der Waals surface area (Å²) in [6.45, 7) is 15.9. The Morgan fingerprint density at radius 3 is 2.21 bits per heavy atom. The van der Waals surface area contributed by atoms with Gasteiger partial charge in [0.05, 0.1) is 0 Å². The second-order valence-corrected chi connectivity index (χ2v) is 7.41. The maximum absolute atomic E-state index is 6.18. The van der Waals surface area contributed by atoms with Gasteiger partial charge in [-0.2, -0.15) is 0 Å². The van der Waals surface area contributed by atoms with Gasteiger partial charge in [-0.15, -0.1) is 0 Å². The first-order chi connectivity index (χ1) is 8.73. The number of halogens is 1. The lowest BCUT2D eigenvalue weighted by atomic mass is 9.68. The standard InChI is InChI=1S/C17H30ClN/c1-7-16(4,5)15(12-13(2)18)14(3)17(6)8-10-19-11-9-17/h12,19H,7-11H2,1-6H3. The summed E-state index contributed by atoms with van der Waals surface area (Å²) in [7, 11) is 0. The van der Waals surface area contributed by atoms with E-state index < -0.39 is 0 Å². The van der Waals surface area contributed by atoms with Crippen LogP contribution >= 0.6 is 11.6 Å². The van der Waals surface area contributed by atoms with E-state index in [0.29, 0.717) is 5.41 Å². The van der Waals surface area contributed by atoms with Gasteiger partial charge in [0, 0.05) is 5.03 Å². The second-order valence-electron chi connectivity index (χ2n) is 6.82. The minimum atomic E-state index is 0.189. The summed E-state index contributed by atoms with van der Waals surface area (Å²) < 4.78 is 0. The fraction of sp³-hybridized carbons (Fsp3) is 0.765. The molecule has 110 valence electrons. The van der Waals surface area contributed by atoms with Gasteiger partial charge < -0.3 is 5.32 Å². The van der Waals surface area contributed by atoms with Crippen molar-refractivity contribution in [3.8, 4) is 0 Å². The molecule has 1 fully saturated rings. The highest BCUT2D eigenvalue weighted by Gasteiger charge is 2.33. The quantitative estimate of drug-likeness (QED) is 0.693. The zero-order valence-corrected chi connectivity index (χ0v) is 14.2. The van der Waals surface area contributed by atoms with Crippen molar-refractivity contribution >= 4 is 11.6 Å². The summed E-state index contributed by atoms with van der Waals surface area (Å²) in [6, 6.07) is 0. The highest BCUT2D eigenvalue weighted by molar-refractivity contribution is 6.29. The molecule has 0 amide bonds. The van der Waals surface area contributed by atoms with Crippen molar-refractivity contribution < 1.29 is 0 Å². The van der Waals surface area contributed by atoms with Gasteiger partial charge >= 0.3 is 0 Å². The molecule has 0 atom stereocenters. The van der Waals surface area contributed by atoms with Crippen LogP contribution in [-0.4, -0.2) is 13.1 Å². The highest BCUT2D eigenvalue weighted by Crippen LogP contribution is 2.44. The first kappa shape index (κ1) is 16.8. The predicted octanol–water partition coefficient (Wildman–Crippen LogP) is 5.27. The summed E-state index contributed by atoms with van der Waals surface area (Å²) in [5.74, 6) is 0. The van der Waals surface area contributed by atoms with Crippen molar-refractivity contribution in [1.82, 2.24) is 5.32 Å². The molecule has 0 bridgehead atoms. The molecule has 1 aliphatic rings. The number of nitrogens with one attached hydrogen (secondary N) is 1. The molecule has 1 heterocycles. The van der Waals surface area contributed by atoms with Gasteiger partial charge in [0.1, 0.15) is 0 Å². The molecular formula is C17H30ClN. The summed E-state index contributed by atoms with van der Waals surface area (Å²) in [5, 5.41) is 4.35. The van der Waals surface area contributed by atoms with Crippen LogP contribution in [0.2, 0.25) is 0 Å². The minimum Gasteiger partial charge on any atom is -0.317 e. The smallest absolute Gasteiger partial charge is 0.0152 e. The Balaban J connectivity index is 3.27. The number of rotatable bonds is 4. The fourth-order valence-corrected chi connectivity index (χ4v) is 2.99. The molecule has 0 radical (unpaired) electrons. The van der Waals surface area contributed by atoms with Gasteiger partial charge in [0.2, 0.25) is 0 Å². The average molecular weight is 284 g/mol. The molecule has 0 aliphatic carbocycles. The van der Waals surface area contributed by atoms with Crippen molar-refractivity contribution in [2.45, 2.75) is 60.8 Å². The number of hydrogen-bond donors (Lipinski definition) is 1. The monoisotopic (exact) mass is 283 g/mol. The van der Waals surface area contributed by atoms with Crippen LogP contribution in [0.1, 0.15) is 60.8 Å². The van der Waals surface area contributed by atoms with E-state index in [0.717, 1.165) is 24.5 Å². The Labute approximate surface area is 124 Å². The Bertz CT molecular complexity index is 367. The van der Waals surface area contributed by atoms with Crippen LogP contribution in [0.3, 0.4) is 0 Å². The molecule has 0 aromatic carbocycles. The van der Waals surface area contributed by atoms with E-state index in [1.807, 2.05) is 6.92 Å². The van der Waals surface area contributed by atoms with Crippen LogP contribution in [0, 0.1) is 10.8 Å². The lowest BCUT2D eigenvalue weighted by Crippen LogP contribution is -2.36. The Morgan fingerprint density at radius 2 is 1.79 bits per heavy atom. The first-order valence-corrected chi connectivity index (χ1v) is 7.87. The molecule has 1 aliphatic heterocycles. The maximum Gasteiger partial charge on any atom is 0.0152 e. The number of allylic oxidation sites excluding steroid dienone is 4. The summed E-state index contributed by atoms with van der Waals surface area (Å²) >= 11 is 6.18. The number of piperidine rings is 1. The van der Waals surface area contributed by atoms with Gasteiger partial charge in [-0.3, -0.25) is 0 Å². The lowest BCUT2D eigenvalue weighted by Gasteiger charge is -2.39. The number of hydrogen-bond acceptors (Lipinski definition) is 1. The zero-order valence-electron chi connectivity index (χ0n) is 13.5. The fourth-order valence-electron chi connectivity index (χ4n) is 2.88. The van der Waals surface area contributed by atoms with Gasteiger partial charge in [0.15, 0.2) is 0 Å². The molecule has 0 aromatic rings. The second kappa shape index (κ2) is 6.45. The molecule has 0 saturated carbocycles. The zero-order chi connectivity index (χ0) is 14.7. The van der Waals surface area contributed by atoms with Crippen molar-refractivity contribution in [1.29, 1.82) is 0 Å². The molecule has 1 rings (SSSR count). The van der Waals surface area contributed by atoms with Crippen LogP contribution in [-0.2, 0) is 0 Å². The summed E-state index contributed by atoms with van der Waals surface area (Å²) in [4.78, 5) is 0. The third-order valence-corrected chi connectivity index (χ3v) is 5.08. The normalized spacial score (nSPS) is 22.2. The molecular weight excluding hydrogens is 254 g/mol. The molecule has 1 N–H and O–H groups in total. The van der Waals surface area contributed by atoms with Gasteiger partial charge in [-0.25, -0.2) is 0 Å². The third kappa shape index (κ3) is 4.10. The SMILES string of the molecule is CCC(C)(C)C(C=C(C)Cl)=C(C)C1(C)CCNCC1. The summed E-state index contributed by atoms with van der Waals surface area (Å²) in [5.41, 5.74) is 3.47. The van der Waals surface area contributed by atoms with Gasteiger partial charge in [-0.05, 0) is 68.7 Å². The molecule has 1 nitrogen and oxygen atoms in total. The van der Waals surface area contributed by atoms with Crippen LogP contribution in [0.4, 0.5) is 0 Å². The average Bonchev–Trinajstić information content (AvgIpc) is 2.35. The molecule has 19 heavy (non-hydrogen) atoms. The predicted molar refractivity (Wildman–Crippen MR) is 86.6 cm³/mol. The molecule has 0 unspecified atom stereocenters. The van der Waals surface area contributed by atoms with Crippen LogP contribution in [0.15, 0.2) is 22.3 Å². The first-order valence-electron chi connectivity index (χ1n) is 7.49. The molecule has 1 saturated heterocycles. The van der Waals surface area contributed by atoms with Crippen molar-refractivity contribution in [3.05, 3.63) is 22.3 Å². The topological polar surface area (TPSA) is 12.0 Å². The molecule has 0 spiro atoms. The minimum absolute atomic E-state index is 0.189. The molecule has 0 aromatic heterocycles. The van der Waals surface area contributed by atoms with E-state index in [1.54, 1.807) is 0 Å². The van der Waals surface area contributed by atoms with Crippen LogP contribution in [0.25, 0.3) is 0 Å². The Morgan fingerprint density at radius 1 is 1.26 bits per heavy atom. The third-order valence-electron chi connectivity index (χ3n) is 4.97. The van der Waals surface area contributed by atoms with E-state index >= 15 is 0 Å². The van der Waals surface area contributed by atoms with E-state index in [-0.39, 0.29) is 5.41 Å². The van der Waals surface area contributed by atoms with Gasteiger partial charge in [0.25, 0.3) is 0 Å². The Hall–Kier alpha value is -0.270. The molecule has 2 heteroatoms. The summed E-state index contributed by atoms with van der Waals surface area (Å²) in [6.07, 6.45) is 5.76. The lowest BCUT2D eigenvalue weighted by molar-refractivity contribution is 0.273. The van der Waals surface area contributed by atoms with Gasteiger partial charge in [-0.1, -0.05) is 44.9 Å². The van der Waals surface area contributed by atoms with E-state index in [4.69, 9.17) is 11.6 Å². The van der Waals surface area contributed by atoms with E-state index in [9.17, 15) is 0 Å². The van der Waals surface area contributed by atoms with Crippen LogP contribution < -0.4 is 5.32 Å². The van der Waals surface area contributed by atoms with E-state index in [2.05, 4.69) is 46.0 Å². The van der Waals surface area contributed by atoms with Crippen molar-refractivity contribution in [3.63, 3.8) is 0 Å². The van der Waals surface area contributed by atoms with Crippen LogP contribution in [0.5, 0.6) is 0 Å². The van der Waals surface area contributed by atoms with Crippen molar-refractivity contribution in [2.24, 2.45) is 10.8 Å².